The summed E-state index contributed by atoms with van der Waals surface area (Å²) >= 11 is 1.64. The van der Waals surface area contributed by atoms with E-state index in [1.54, 1.807) is 24.8 Å². The number of hydrogen-bond donors (Lipinski definition) is 2. The minimum atomic E-state index is -0.317. The molecule has 0 aliphatic carbocycles. The van der Waals surface area contributed by atoms with Gasteiger partial charge in [0.2, 0.25) is 5.91 Å². The highest BCUT2D eigenvalue weighted by Crippen LogP contribution is 2.18. The summed E-state index contributed by atoms with van der Waals surface area (Å²) in [6.07, 6.45) is 3.74. The Morgan fingerprint density at radius 2 is 1.96 bits per heavy atom. The Bertz CT molecular complexity index is 730. The van der Waals surface area contributed by atoms with E-state index in [9.17, 15) is 9.59 Å². The van der Waals surface area contributed by atoms with Gasteiger partial charge in [-0.05, 0) is 43.9 Å². The SMILES string of the molecule is CCCCN(CC(=O)Nc1cc(C)on1)C(=O)Nc1ccc(SC)cc1. The van der Waals surface area contributed by atoms with Crippen molar-refractivity contribution in [1.29, 1.82) is 0 Å². The minimum absolute atomic E-state index is 0.0549. The predicted octanol–water partition coefficient (Wildman–Crippen LogP) is 3.98. The van der Waals surface area contributed by atoms with Crippen LogP contribution in [0.1, 0.15) is 25.5 Å². The summed E-state index contributed by atoms with van der Waals surface area (Å²) in [4.78, 5) is 27.4. The number of nitrogens with one attached hydrogen (secondary N) is 2. The molecule has 3 amide bonds. The van der Waals surface area contributed by atoms with Crippen LogP contribution in [0.2, 0.25) is 0 Å². The van der Waals surface area contributed by atoms with Crippen LogP contribution in [-0.2, 0) is 4.79 Å². The fourth-order valence-electron chi connectivity index (χ4n) is 2.26. The Morgan fingerprint density at radius 1 is 1.23 bits per heavy atom. The first kappa shape index (κ1) is 19.8. The van der Waals surface area contributed by atoms with Crippen LogP contribution in [0.3, 0.4) is 0 Å². The molecule has 0 unspecified atom stereocenters. The van der Waals surface area contributed by atoms with Crippen molar-refractivity contribution in [3.8, 4) is 0 Å². The summed E-state index contributed by atoms with van der Waals surface area (Å²) < 4.78 is 4.92. The van der Waals surface area contributed by atoms with E-state index < -0.39 is 0 Å². The van der Waals surface area contributed by atoms with Crippen LogP contribution < -0.4 is 10.6 Å². The van der Waals surface area contributed by atoms with Gasteiger partial charge in [0.25, 0.3) is 0 Å². The van der Waals surface area contributed by atoms with Gasteiger partial charge < -0.3 is 20.1 Å². The highest BCUT2D eigenvalue weighted by atomic mass is 32.2. The van der Waals surface area contributed by atoms with E-state index in [0.29, 0.717) is 23.8 Å². The van der Waals surface area contributed by atoms with Crippen molar-refractivity contribution in [3.05, 3.63) is 36.1 Å². The Hall–Kier alpha value is -2.48. The number of unbranched alkanes of at least 4 members (excludes halogenated alkanes) is 1. The van der Waals surface area contributed by atoms with Crippen molar-refractivity contribution < 1.29 is 14.1 Å². The molecule has 0 fully saturated rings. The van der Waals surface area contributed by atoms with E-state index in [4.69, 9.17) is 4.52 Å². The quantitative estimate of drug-likeness (QED) is 0.681. The molecule has 8 heteroatoms. The summed E-state index contributed by atoms with van der Waals surface area (Å²) in [5, 5.41) is 9.20. The van der Waals surface area contributed by atoms with Crippen molar-refractivity contribution in [2.45, 2.75) is 31.6 Å². The molecule has 2 rings (SSSR count). The largest absolute Gasteiger partial charge is 0.360 e. The predicted molar refractivity (Wildman–Crippen MR) is 104 cm³/mol. The van der Waals surface area contributed by atoms with Crippen LogP contribution in [0, 0.1) is 6.92 Å². The fourth-order valence-corrected chi connectivity index (χ4v) is 2.67. The molecule has 0 saturated heterocycles. The molecule has 0 spiro atoms. The minimum Gasteiger partial charge on any atom is -0.360 e. The average molecular weight is 376 g/mol. The maximum Gasteiger partial charge on any atom is 0.322 e. The number of thioether (sulfide) groups is 1. The third kappa shape index (κ3) is 6.11. The van der Waals surface area contributed by atoms with Crippen molar-refractivity contribution >= 4 is 35.2 Å². The van der Waals surface area contributed by atoms with E-state index in [1.807, 2.05) is 37.4 Å². The first-order valence-corrected chi connectivity index (χ1v) is 9.67. The van der Waals surface area contributed by atoms with E-state index in [2.05, 4.69) is 15.8 Å². The van der Waals surface area contributed by atoms with Crippen LogP contribution in [0.5, 0.6) is 0 Å². The third-order valence-corrected chi connectivity index (χ3v) is 4.38. The summed E-state index contributed by atoms with van der Waals surface area (Å²) in [5.74, 6) is 0.632. The zero-order chi connectivity index (χ0) is 18.9. The molecule has 0 saturated carbocycles. The maximum atomic E-state index is 12.6. The number of carbonyl (C=O) groups excluding carboxylic acids is 2. The lowest BCUT2D eigenvalue weighted by atomic mass is 10.3. The number of benzene rings is 1. The molecular formula is C18H24N4O3S. The monoisotopic (exact) mass is 376 g/mol. The number of anilines is 2. The normalized spacial score (nSPS) is 10.4. The third-order valence-electron chi connectivity index (χ3n) is 3.64. The van der Waals surface area contributed by atoms with Crippen LogP contribution >= 0.6 is 11.8 Å². The smallest absolute Gasteiger partial charge is 0.322 e. The highest BCUT2D eigenvalue weighted by Gasteiger charge is 2.18. The summed E-state index contributed by atoms with van der Waals surface area (Å²) in [7, 11) is 0. The van der Waals surface area contributed by atoms with Crippen LogP contribution in [-0.4, -0.2) is 41.3 Å². The van der Waals surface area contributed by atoms with Crippen molar-refractivity contribution in [1.82, 2.24) is 10.1 Å². The molecule has 0 aliphatic rings. The lowest BCUT2D eigenvalue weighted by Gasteiger charge is -2.22. The number of amides is 3. The van der Waals surface area contributed by atoms with Gasteiger partial charge in [0.1, 0.15) is 12.3 Å². The number of aromatic nitrogens is 1. The molecule has 0 radical (unpaired) electrons. The molecule has 140 valence electrons. The van der Waals surface area contributed by atoms with Gasteiger partial charge in [0.15, 0.2) is 5.82 Å². The second kappa shape index (κ2) is 9.86. The number of urea groups is 1. The molecule has 1 heterocycles. The van der Waals surface area contributed by atoms with Gasteiger partial charge in [0.05, 0.1) is 0 Å². The van der Waals surface area contributed by atoms with Gasteiger partial charge in [-0.15, -0.1) is 11.8 Å². The van der Waals surface area contributed by atoms with Crippen LogP contribution in [0.25, 0.3) is 0 Å². The lowest BCUT2D eigenvalue weighted by Crippen LogP contribution is -2.41. The Balaban J connectivity index is 1.97. The molecular weight excluding hydrogens is 352 g/mol. The second-order valence-corrected chi connectivity index (χ2v) is 6.68. The second-order valence-electron chi connectivity index (χ2n) is 5.80. The molecule has 0 bridgehead atoms. The molecule has 1 aromatic heterocycles. The number of nitrogens with zero attached hydrogens (tertiary/aromatic N) is 2. The van der Waals surface area contributed by atoms with E-state index in [-0.39, 0.29) is 18.5 Å². The fraction of sp³-hybridized carbons (Fsp3) is 0.389. The topological polar surface area (TPSA) is 87.5 Å². The number of aryl methyl sites for hydroxylation is 1. The standard InChI is InChI=1S/C18H24N4O3S/c1-4-5-10-22(12-17(23)20-16-11-13(2)25-21-16)18(24)19-14-6-8-15(26-3)9-7-14/h6-9,11H,4-5,10,12H2,1-3H3,(H,19,24)(H,20,21,23). The van der Waals surface area contributed by atoms with Crippen LogP contribution in [0.15, 0.2) is 39.8 Å². The van der Waals surface area contributed by atoms with Crippen molar-refractivity contribution in [3.63, 3.8) is 0 Å². The van der Waals surface area contributed by atoms with Crippen molar-refractivity contribution in [2.75, 3.05) is 30.0 Å². The van der Waals surface area contributed by atoms with Crippen molar-refractivity contribution in [2.24, 2.45) is 0 Å². The maximum absolute atomic E-state index is 12.6. The molecule has 0 atom stereocenters. The molecule has 26 heavy (non-hydrogen) atoms. The molecule has 1 aromatic carbocycles. The van der Waals surface area contributed by atoms with Gasteiger partial charge in [0, 0.05) is 23.2 Å². The van der Waals surface area contributed by atoms with Gasteiger partial charge in [-0.3, -0.25) is 4.79 Å². The summed E-state index contributed by atoms with van der Waals surface area (Å²) in [6.45, 7) is 4.22. The Morgan fingerprint density at radius 3 is 2.54 bits per heavy atom. The highest BCUT2D eigenvalue weighted by molar-refractivity contribution is 7.98. The number of carbonyl (C=O) groups is 2. The van der Waals surface area contributed by atoms with Gasteiger partial charge in [-0.2, -0.15) is 0 Å². The molecule has 0 aliphatic heterocycles. The zero-order valence-corrected chi connectivity index (χ0v) is 16.1. The lowest BCUT2D eigenvalue weighted by molar-refractivity contribution is -0.116. The first-order chi connectivity index (χ1) is 12.5. The first-order valence-electron chi connectivity index (χ1n) is 8.45. The zero-order valence-electron chi connectivity index (χ0n) is 15.2. The Labute approximate surface area is 157 Å². The van der Waals surface area contributed by atoms with Gasteiger partial charge in [-0.1, -0.05) is 18.5 Å². The van der Waals surface area contributed by atoms with E-state index in [0.717, 1.165) is 17.7 Å². The molecule has 2 aromatic rings. The summed E-state index contributed by atoms with van der Waals surface area (Å²) in [6, 6.07) is 8.90. The van der Waals surface area contributed by atoms with E-state index in [1.165, 1.54) is 4.90 Å². The van der Waals surface area contributed by atoms with E-state index >= 15 is 0 Å². The number of hydrogen-bond acceptors (Lipinski definition) is 5. The summed E-state index contributed by atoms with van der Waals surface area (Å²) in [5.41, 5.74) is 0.696. The molecule has 7 nitrogen and oxygen atoms in total. The number of rotatable bonds is 8. The molecule has 2 N–H and O–H groups in total. The van der Waals surface area contributed by atoms with Gasteiger partial charge in [-0.25, -0.2) is 4.79 Å². The Kier molecular flexibility index (Phi) is 7.53. The van der Waals surface area contributed by atoms with Gasteiger partial charge >= 0.3 is 6.03 Å². The van der Waals surface area contributed by atoms with Crippen LogP contribution in [0.4, 0.5) is 16.3 Å². The average Bonchev–Trinajstić information content (AvgIpc) is 3.03.